The van der Waals surface area contributed by atoms with E-state index in [4.69, 9.17) is 5.11 Å². The SMILES string of the molecule is CCN(c1cnc(C)cc1C)C(C)C(=O)O. The molecule has 1 aromatic heterocycles. The van der Waals surface area contributed by atoms with Crippen molar-refractivity contribution in [2.45, 2.75) is 33.7 Å². The van der Waals surface area contributed by atoms with Crippen molar-refractivity contribution >= 4 is 11.7 Å². The van der Waals surface area contributed by atoms with Crippen molar-refractivity contribution in [2.24, 2.45) is 0 Å². The Labute approximate surface area is 95.9 Å². The Morgan fingerprint density at radius 1 is 1.56 bits per heavy atom. The summed E-state index contributed by atoms with van der Waals surface area (Å²) in [6.07, 6.45) is 1.74. The summed E-state index contributed by atoms with van der Waals surface area (Å²) in [7, 11) is 0. The molecule has 0 spiro atoms. The number of pyridine rings is 1. The van der Waals surface area contributed by atoms with E-state index in [1.807, 2.05) is 31.7 Å². The molecular formula is C12H18N2O2. The van der Waals surface area contributed by atoms with Gasteiger partial charge in [-0.15, -0.1) is 0 Å². The third-order valence-electron chi connectivity index (χ3n) is 2.69. The highest BCUT2D eigenvalue weighted by atomic mass is 16.4. The molecule has 1 unspecified atom stereocenters. The minimum Gasteiger partial charge on any atom is -0.480 e. The van der Waals surface area contributed by atoms with Crippen LogP contribution in [-0.4, -0.2) is 28.6 Å². The first-order valence-electron chi connectivity index (χ1n) is 5.40. The highest BCUT2D eigenvalue weighted by molar-refractivity contribution is 5.78. The van der Waals surface area contributed by atoms with E-state index < -0.39 is 12.0 Å². The molecule has 0 radical (unpaired) electrons. The van der Waals surface area contributed by atoms with Crippen molar-refractivity contribution in [3.63, 3.8) is 0 Å². The van der Waals surface area contributed by atoms with Gasteiger partial charge in [-0.3, -0.25) is 4.98 Å². The predicted molar refractivity (Wildman–Crippen MR) is 63.8 cm³/mol. The first-order chi connectivity index (χ1) is 7.47. The minimum atomic E-state index is -0.818. The van der Waals surface area contributed by atoms with Crippen molar-refractivity contribution in [3.8, 4) is 0 Å². The molecule has 4 nitrogen and oxygen atoms in total. The van der Waals surface area contributed by atoms with Crippen LogP contribution in [-0.2, 0) is 4.79 Å². The van der Waals surface area contributed by atoms with Crippen molar-refractivity contribution in [3.05, 3.63) is 23.5 Å². The number of hydrogen-bond acceptors (Lipinski definition) is 3. The van der Waals surface area contributed by atoms with Crippen molar-refractivity contribution in [1.29, 1.82) is 0 Å². The highest BCUT2D eigenvalue weighted by Gasteiger charge is 2.20. The molecule has 1 N–H and O–H groups in total. The normalized spacial score (nSPS) is 12.2. The molecule has 1 rings (SSSR count). The fourth-order valence-electron chi connectivity index (χ4n) is 1.78. The van der Waals surface area contributed by atoms with Crippen LogP contribution in [0.4, 0.5) is 5.69 Å². The van der Waals surface area contributed by atoms with Gasteiger partial charge < -0.3 is 10.0 Å². The van der Waals surface area contributed by atoms with Crippen LogP contribution < -0.4 is 4.90 Å². The molecule has 0 aliphatic heterocycles. The van der Waals surface area contributed by atoms with Crippen molar-refractivity contribution < 1.29 is 9.90 Å². The standard InChI is InChI=1S/C12H18N2O2/c1-5-14(10(4)12(15)16)11-7-13-9(3)6-8(11)2/h6-7,10H,5H2,1-4H3,(H,15,16). The number of carboxylic acids is 1. The number of aryl methyl sites for hydroxylation is 2. The van der Waals surface area contributed by atoms with E-state index >= 15 is 0 Å². The van der Waals surface area contributed by atoms with Crippen molar-refractivity contribution in [2.75, 3.05) is 11.4 Å². The topological polar surface area (TPSA) is 53.4 Å². The van der Waals surface area contributed by atoms with Gasteiger partial charge in [0.25, 0.3) is 0 Å². The second-order valence-electron chi connectivity index (χ2n) is 3.91. The summed E-state index contributed by atoms with van der Waals surface area (Å²) in [6.45, 7) is 8.18. The summed E-state index contributed by atoms with van der Waals surface area (Å²) in [5, 5.41) is 9.03. The molecule has 0 saturated carbocycles. The number of carbonyl (C=O) groups is 1. The van der Waals surface area contributed by atoms with E-state index in [2.05, 4.69) is 4.98 Å². The molecular weight excluding hydrogens is 204 g/mol. The van der Waals surface area contributed by atoms with Gasteiger partial charge in [0.05, 0.1) is 11.9 Å². The Bertz CT molecular complexity index is 391. The predicted octanol–water partition coefficient (Wildman–Crippen LogP) is 2.00. The first kappa shape index (κ1) is 12.5. The van der Waals surface area contributed by atoms with Gasteiger partial charge in [0.1, 0.15) is 6.04 Å². The minimum absolute atomic E-state index is 0.534. The molecule has 0 aliphatic rings. The highest BCUT2D eigenvalue weighted by Crippen LogP contribution is 2.21. The molecule has 88 valence electrons. The van der Waals surface area contributed by atoms with Crippen LogP contribution in [0.2, 0.25) is 0 Å². The van der Waals surface area contributed by atoms with Crippen molar-refractivity contribution in [1.82, 2.24) is 4.98 Å². The van der Waals surface area contributed by atoms with E-state index in [-0.39, 0.29) is 0 Å². The lowest BCUT2D eigenvalue weighted by molar-refractivity contribution is -0.138. The van der Waals surface area contributed by atoms with Crippen LogP contribution >= 0.6 is 0 Å². The number of carboxylic acid groups (broad SMARTS) is 1. The zero-order chi connectivity index (χ0) is 12.3. The number of hydrogen-bond donors (Lipinski definition) is 1. The summed E-state index contributed by atoms with van der Waals surface area (Å²) >= 11 is 0. The molecule has 4 heteroatoms. The number of nitrogens with zero attached hydrogens (tertiary/aromatic N) is 2. The smallest absolute Gasteiger partial charge is 0.326 e. The molecule has 1 atom stereocenters. The number of likely N-dealkylation sites (N-methyl/N-ethyl adjacent to an activating group) is 1. The molecule has 0 saturated heterocycles. The average Bonchev–Trinajstić information content (AvgIpc) is 2.21. The number of aromatic nitrogens is 1. The summed E-state index contributed by atoms with van der Waals surface area (Å²) in [5.74, 6) is -0.818. The maximum Gasteiger partial charge on any atom is 0.326 e. The first-order valence-corrected chi connectivity index (χ1v) is 5.40. The molecule has 1 aromatic rings. The zero-order valence-electron chi connectivity index (χ0n) is 10.2. The molecule has 16 heavy (non-hydrogen) atoms. The molecule has 0 fully saturated rings. The Balaban J connectivity index is 3.08. The zero-order valence-corrected chi connectivity index (χ0v) is 10.2. The van der Waals surface area contributed by atoms with Crippen LogP contribution in [0.3, 0.4) is 0 Å². The van der Waals surface area contributed by atoms with E-state index in [1.54, 1.807) is 13.1 Å². The van der Waals surface area contributed by atoms with Crippen LogP contribution in [0.5, 0.6) is 0 Å². The van der Waals surface area contributed by atoms with Crippen LogP contribution in [0, 0.1) is 13.8 Å². The van der Waals surface area contributed by atoms with Gasteiger partial charge in [-0.1, -0.05) is 0 Å². The molecule has 1 heterocycles. The van der Waals surface area contributed by atoms with Crippen LogP contribution in [0.25, 0.3) is 0 Å². The van der Waals surface area contributed by atoms with E-state index in [0.717, 1.165) is 16.9 Å². The maximum absolute atomic E-state index is 11.0. The maximum atomic E-state index is 11.0. The molecule has 0 amide bonds. The van der Waals surface area contributed by atoms with Gasteiger partial charge in [0, 0.05) is 12.2 Å². The number of rotatable bonds is 4. The third-order valence-corrected chi connectivity index (χ3v) is 2.69. The molecule has 0 aromatic carbocycles. The van der Waals surface area contributed by atoms with Gasteiger partial charge in [-0.05, 0) is 39.3 Å². The lowest BCUT2D eigenvalue weighted by Gasteiger charge is -2.28. The summed E-state index contributed by atoms with van der Waals surface area (Å²) in [5.41, 5.74) is 2.89. The second kappa shape index (κ2) is 4.96. The number of aliphatic carboxylic acids is 1. The Kier molecular flexibility index (Phi) is 3.88. The van der Waals surface area contributed by atoms with Gasteiger partial charge >= 0.3 is 5.97 Å². The van der Waals surface area contributed by atoms with E-state index in [1.165, 1.54) is 0 Å². The van der Waals surface area contributed by atoms with E-state index in [0.29, 0.717) is 6.54 Å². The Morgan fingerprint density at radius 2 is 2.19 bits per heavy atom. The summed E-state index contributed by atoms with van der Waals surface area (Å²) in [4.78, 5) is 17.0. The lowest BCUT2D eigenvalue weighted by Crippen LogP contribution is -2.39. The monoisotopic (exact) mass is 222 g/mol. The van der Waals surface area contributed by atoms with Gasteiger partial charge in [-0.2, -0.15) is 0 Å². The fraction of sp³-hybridized carbons (Fsp3) is 0.500. The van der Waals surface area contributed by atoms with Gasteiger partial charge in [0.15, 0.2) is 0 Å². The van der Waals surface area contributed by atoms with E-state index in [9.17, 15) is 4.79 Å². The van der Waals surface area contributed by atoms with Crippen LogP contribution in [0.15, 0.2) is 12.3 Å². The van der Waals surface area contributed by atoms with Gasteiger partial charge in [-0.25, -0.2) is 4.79 Å². The Morgan fingerprint density at radius 3 is 2.62 bits per heavy atom. The van der Waals surface area contributed by atoms with Gasteiger partial charge in [0.2, 0.25) is 0 Å². The molecule has 0 bridgehead atoms. The number of anilines is 1. The second-order valence-corrected chi connectivity index (χ2v) is 3.91. The fourth-order valence-corrected chi connectivity index (χ4v) is 1.78. The lowest BCUT2D eigenvalue weighted by atomic mass is 10.1. The largest absolute Gasteiger partial charge is 0.480 e. The van der Waals surface area contributed by atoms with Crippen LogP contribution in [0.1, 0.15) is 25.1 Å². The quantitative estimate of drug-likeness (QED) is 0.846. The summed E-state index contributed by atoms with van der Waals surface area (Å²) in [6, 6.07) is 1.43. The Hall–Kier alpha value is -1.58. The average molecular weight is 222 g/mol. The molecule has 0 aliphatic carbocycles. The third kappa shape index (κ3) is 2.51. The summed E-state index contributed by atoms with van der Waals surface area (Å²) < 4.78 is 0.